The summed E-state index contributed by atoms with van der Waals surface area (Å²) in [7, 11) is 0. The third kappa shape index (κ3) is 12.4. The van der Waals surface area contributed by atoms with Gasteiger partial charge in [-0.25, -0.2) is 0 Å². The van der Waals surface area contributed by atoms with E-state index in [0.717, 1.165) is 168 Å². The number of carbonyl (C=O) groups is 3. The van der Waals surface area contributed by atoms with Crippen molar-refractivity contribution in [2.75, 3.05) is 0 Å². The molecule has 12 rings (SSSR count). The number of halogens is 3. The van der Waals surface area contributed by atoms with Crippen LogP contribution in [0, 0.1) is 5.92 Å². The van der Waals surface area contributed by atoms with Gasteiger partial charge in [0.25, 0.3) is 0 Å². The Morgan fingerprint density at radius 3 is 1.02 bits per heavy atom. The maximum Gasteiger partial charge on any atom is 0.318 e. The van der Waals surface area contributed by atoms with Crippen LogP contribution < -0.4 is 0 Å². The Morgan fingerprint density at radius 2 is 0.675 bits per heavy atom. The molecule has 3 aliphatic carbocycles. The van der Waals surface area contributed by atoms with Gasteiger partial charge in [-0.15, -0.1) is 34.8 Å². The SMILES string of the molecule is CC(C)Cc1ccc(CCC(CC(CC(Cl)c2ccc(C3C(=O)OC34CCCC4)cc2)c2ccc(CCC(Cl)c3ccc(C4C(=O)OC45CCCC5)cc3)cc2)c2ccc(CCC(Cl)c3ccc(C4C(=O)OC45CCCC5)cc3)cc2)cc1. The number of hydrogen-bond acceptors (Lipinski definition) is 6. The molecule has 0 aromatic heterocycles. The van der Waals surface area contributed by atoms with E-state index in [1.807, 2.05) is 0 Å². The Morgan fingerprint density at radius 1 is 0.373 bits per heavy atom. The molecule has 0 radical (unpaired) electrons. The fourth-order valence-corrected chi connectivity index (χ4v) is 16.4. The molecule has 6 aromatic carbocycles. The number of esters is 3. The zero-order valence-electron chi connectivity index (χ0n) is 48.5. The Balaban J connectivity index is 0.760. The van der Waals surface area contributed by atoms with Gasteiger partial charge in [-0.2, -0.15) is 0 Å². The monoisotopic (exact) mass is 1170 g/mol. The molecule has 6 nitrogen and oxygen atoms in total. The summed E-state index contributed by atoms with van der Waals surface area (Å²) in [5.74, 6) is 0.164. The van der Waals surface area contributed by atoms with E-state index in [0.29, 0.717) is 5.92 Å². The van der Waals surface area contributed by atoms with Crippen LogP contribution in [0.3, 0.4) is 0 Å². The fourth-order valence-electron chi connectivity index (χ4n) is 15.5. The first-order valence-corrected chi connectivity index (χ1v) is 32.7. The average Bonchev–Trinajstić information content (AvgIpc) is 4.42. The number of ether oxygens (including phenoxy) is 3. The minimum atomic E-state index is -0.337. The molecule has 8 atom stereocenters. The lowest BCUT2D eigenvalue weighted by atomic mass is 9.75. The maximum atomic E-state index is 12.9. The second-order valence-corrected chi connectivity index (χ2v) is 27.7. The number of alkyl halides is 3. The molecule has 9 heteroatoms. The molecule has 6 aromatic rings. The van der Waals surface area contributed by atoms with Gasteiger partial charge in [0.2, 0.25) is 0 Å². The van der Waals surface area contributed by atoms with Crippen LogP contribution in [0.5, 0.6) is 0 Å². The highest BCUT2D eigenvalue weighted by Crippen LogP contribution is 2.55. The molecule has 3 aliphatic heterocycles. The smallest absolute Gasteiger partial charge is 0.318 e. The topological polar surface area (TPSA) is 78.9 Å². The van der Waals surface area contributed by atoms with E-state index in [1.165, 1.54) is 33.4 Å². The molecular formula is C74H81Cl3O6. The molecule has 8 unspecified atom stereocenters. The van der Waals surface area contributed by atoms with Crippen molar-refractivity contribution in [3.63, 3.8) is 0 Å². The Labute approximate surface area is 507 Å². The van der Waals surface area contributed by atoms with Crippen LogP contribution >= 0.6 is 34.8 Å². The van der Waals surface area contributed by atoms with E-state index in [4.69, 9.17) is 49.0 Å². The quantitative estimate of drug-likeness (QED) is 0.0361. The van der Waals surface area contributed by atoms with E-state index >= 15 is 0 Å². The largest absolute Gasteiger partial charge is 0.457 e. The lowest BCUT2D eigenvalue weighted by Gasteiger charge is -2.45. The molecular weight excluding hydrogens is 1090 g/mol. The normalized spacial score (nSPS) is 22.8. The molecule has 0 amide bonds. The van der Waals surface area contributed by atoms with E-state index in [1.54, 1.807) is 0 Å². The minimum Gasteiger partial charge on any atom is -0.457 e. The zero-order chi connectivity index (χ0) is 57.3. The third-order valence-electron chi connectivity index (χ3n) is 20.2. The van der Waals surface area contributed by atoms with Gasteiger partial charge >= 0.3 is 17.9 Å². The third-order valence-corrected chi connectivity index (χ3v) is 21.6. The number of aryl methyl sites for hydroxylation is 3. The molecule has 434 valence electrons. The van der Waals surface area contributed by atoms with Crippen molar-refractivity contribution in [1.29, 1.82) is 0 Å². The van der Waals surface area contributed by atoms with Crippen LogP contribution in [-0.4, -0.2) is 34.7 Å². The summed E-state index contributed by atoms with van der Waals surface area (Å²) in [5, 5.41) is -0.563. The van der Waals surface area contributed by atoms with Crippen molar-refractivity contribution in [2.24, 2.45) is 5.92 Å². The van der Waals surface area contributed by atoms with Gasteiger partial charge in [0, 0.05) is 0 Å². The van der Waals surface area contributed by atoms with Crippen LogP contribution in [0.25, 0.3) is 0 Å². The van der Waals surface area contributed by atoms with Crippen LogP contribution in [0.1, 0.15) is 235 Å². The Hall–Kier alpha value is -5.40. The van der Waals surface area contributed by atoms with Gasteiger partial charge < -0.3 is 14.2 Å². The molecule has 0 N–H and O–H groups in total. The first-order valence-electron chi connectivity index (χ1n) is 31.4. The molecule has 83 heavy (non-hydrogen) atoms. The molecule has 3 heterocycles. The van der Waals surface area contributed by atoms with Crippen molar-refractivity contribution in [3.8, 4) is 0 Å². The van der Waals surface area contributed by atoms with Gasteiger partial charge in [-0.05, 0) is 219 Å². The number of benzene rings is 6. The Bertz CT molecular complexity index is 3190. The first-order chi connectivity index (χ1) is 40.3. The fraction of sp³-hybridized carbons (Fsp3) is 0.473. The van der Waals surface area contributed by atoms with E-state index < -0.39 is 0 Å². The standard InChI is InChI=1S/C74H81Cl3O6/c1-48(2)45-52-11-9-49(10-12-52)17-24-61(53-20-13-50(14-21-53)18-37-63(75)55-25-31-58(32-26-55)66-69(78)81-72(66)39-3-4-40-72)46-62(47-65(77)57-29-35-60(36-30-57)68-71(80)83-74(68)43-7-8-44-74)54-22-15-51(16-23-54)19-38-64(76)56-27-33-59(34-28-56)67-70(79)82-73(67)41-5-6-42-73/h9-16,20-23,25-36,48,61-68H,3-8,17-19,24,37-47H2,1-2H3. The molecule has 3 saturated carbocycles. The maximum absolute atomic E-state index is 12.9. The zero-order valence-corrected chi connectivity index (χ0v) is 50.8. The van der Waals surface area contributed by atoms with E-state index in [9.17, 15) is 14.4 Å². The highest BCUT2D eigenvalue weighted by Gasteiger charge is 2.60. The van der Waals surface area contributed by atoms with Gasteiger partial charge in [0.05, 0.1) is 16.1 Å². The molecule has 0 bridgehead atoms. The lowest BCUT2D eigenvalue weighted by Crippen LogP contribution is -2.53. The Kier molecular flexibility index (Phi) is 17.4. The van der Waals surface area contributed by atoms with Crippen LogP contribution in [0.15, 0.2) is 146 Å². The van der Waals surface area contributed by atoms with Crippen molar-refractivity contribution < 1.29 is 28.6 Å². The summed E-state index contributed by atoms with van der Waals surface area (Å²) in [6.07, 6.45) is 20.3. The second kappa shape index (κ2) is 24.9. The lowest BCUT2D eigenvalue weighted by molar-refractivity contribution is -0.199. The second-order valence-electron chi connectivity index (χ2n) is 26.2. The molecule has 6 aliphatic rings. The number of rotatable bonds is 23. The highest BCUT2D eigenvalue weighted by atomic mass is 35.5. The average molecular weight is 1170 g/mol. The summed E-state index contributed by atoms with van der Waals surface area (Å²) in [5.41, 5.74) is 13.2. The van der Waals surface area contributed by atoms with Gasteiger partial charge in [0.1, 0.15) is 34.6 Å². The first kappa shape index (κ1) is 58.0. The van der Waals surface area contributed by atoms with Gasteiger partial charge in [-0.3, -0.25) is 14.4 Å². The van der Waals surface area contributed by atoms with Crippen molar-refractivity contribution >= 4 is 52.7 Å². The summed E-state index contributed by atoms with van der Waals surface area (Å²) in [4.78, 5) is 38.2. The highest BCUT2D eigenvalue weighted by molar-refractivity contribution is 6.21. The van der Waals surface area contributed by atoms with Gasteiger partial charge in [0.15, 0.2) is 0 Å². The van der Waals surface area contributed by atoms with Gasteiger partial charge in [-0.1, -0.05) is 159 Å². The van der Waals surface area contributed by atoms with Crippen molar-refractivity contribution in [3.05, 3.63) is 212 Å². The minimum absolute atomic E-state index is 0.0980. The predicted molar refractivity (Wildman–Crippen MR) is 333 cm³/mol. The number of hydrogen-bond donors (Lipinski definition) is 0. The van der Waals surface area contributed by atoms with Crippen LogP contribution in [-0.2, 0) is 54.3 Å². The van der Waals surface area contributed by atoms with Crippen molar-refractivity contribution in [2.45, 2.75) is 211 Å². The van der Waals surface area contributed by atoms with Crippen LogP contribution in [0.4, 0.5) is 0 Å². The predicted octanol–water partition coefficient (Wildman–Crippen LogP) is 18.8. The van der Waals surface area contributed by atoms with Crippen molar-refractivity contribution in [1.82, 2.24) is 0 Å². The molecule has 6 fully saturated rings. The van der Waals surface area contributed by atoms with E-state index in [2.05, 4.69) is 159 Å². The molecule has 3 spiro atoms. The summed E-state index contributed by atoms with van der Waals surface area (Å²) in [6, 6.07) is 53.1. The van der Waals surface area contributed by atoms with Crippen LogP contribution in [0.2, 0.25) is 0 Å². The number of carbonyl (C=O) groups excluding carboxylic acids is 3. The summed E-state index contributed by atoms with van der Waals surface area (Å²) < 4.78 is 17.3. The summed E-state index contributed by atoms with van der Waals surface area (Å²) in [6.45, 7) is 4.55. The molecule has 3 saturated heterocycles. The summed E-state index contributed by atoms with van der Waals surface area (Å²) >= 11 is 21.9. The van der Waals surface area contributed by atoms with E-state index in [-0.39, 0.29) is 80.4 Å².